The van der Waals surface area contributed by atoms with Crippen LogP contribution in [-0.2, 0) is 9.59 Å². The molecule has 0 aliphatic carbocycles. The van der Waals surface area contributed by atoms with E-state index in [2.05, 4.69) is 15.9 Å². The van der Waals surface area contributed by atoms with Gasteiger partial charge < -0.3 is 9.80 Å². The van der Waals surface area contributed by atoms with E-state index in [9.17, 15) is 9.59 Å². The average Bonchev–Trinajstić information content (AvgIpc) is 2.80. The van der Waals surface area contributed by atoms with Crippen LogP contribution in [0.5, 0.6) is 0 Å². The predicted molar refractivity (Wildman–Crippen MR) is 91.7 cm³/mol. The van der Waals surface area contributed by atoms with Gasteiger partial charge in [0.25, 0.3) is 0 Å². The molecule has 1 heterocycles. The molecule has 1 unspecified atom stereocenters. The van der Waals surface area contributed by atoms with Gasteiger partial charge in [-0.15, -0.1) is 0 Å². The zero-order valence-electron chi connectivity index (χ0n) is 13.5. The Hall–Kier alpha value is -1.36. The van der Waals surface area contributed by atoms with Crippen LogP contribution in [0.25, 0.3) is 0 Å². The van der Waals surface area contributed by atoms with Crippen LogP contribution in [0.15, 0.2) is 28.7 Å². The molecule has 5 heteroatoms. The number of halogens is 1. The fourth-order valence-corrected chi connectivity index (χ4v) is 3.47. The molecule has 2 amide bonds. The maximum absolute atomic E-state index is 12.8. The molecule has 0 N–H and O–H groups in total. The molecule has 0 saturated carbocycles. The molecule has 1 atom stereocenters. The molecular formula is C17H23BrN2O2. The molecule has 1 fully saturated rings. The average molecular weight is 367 g/mol. The van der Waals surface area contributed by atoms with Crippen LogP contribution in [0.4, 0.5) is 5.69 Å². The molecule has 0 radical (unpaired) electrons. The van der Waals surface area contributed by atoms with Gasteiger partial charge in [-0.25, -0.2) is 0 Å². The number of anilines is 1. The lowest BCUT2D eigenvalue weighted by molar-refractivity contribution is -0.139. The van der Waals surface area contributed by atoms with Crippen molar-refractivity contribution in [1.82, 2.24) is 4.90 Å². The summed E-state index contributed by atoms with van der Waals surface area (Å²) >= 11 is 3.42. The van der Waals surface area contributed by atoms with Crippen LogP contribution in [0, 0.1) is 5.92 Å². The molecule has 0 aromatic heterocycles. The fraction of sp³-hybridized carbons (Fsp3) is 0.529. The van der Waals surface area contributed by atoms with Gasteiger partial charge in [0.1, 0.15) is 0 Å². The largest absolute Gasteiger partial charge is 0.338 e. The van der Waals surface area contributed by atoms with E-state index < -0.39 is 0 Å². The van der Waals surface area contributed by atoms with Crippen LogP contribution in [0.2, 0.25) is 0 Å². The Bertz CT molecular complexity index is 564. The summed E-state index contributed by atoms with van der Waals surface area (Å²) in [5, 5.41) is 0. The van der Waals surface area contributed by atoms with Crippen molar-refractivity contribution >= 4 is 33.4 Å². The molecule has 1 aromatic rings. The molecule has 22 heavy (non-hydrogen) atoms. The number of benzene rings is 1. The van der Waals surface area contributed by atoms with Gasteiger partial charge in [-0.3, -0.25) is 9.59 Å². The van der Waals surface area contributed by atoms with Crippen molar-refractivity contribution in [3.8, 4) is 0 Å². The van der Waals surface area contributed by atoms with E-state index >= 15 is 0 Å². The second-order valence-corrected chi connectivity index (χ2v) is 7.23. The van der Waals surface area contributed by atoms with E-state index in [4.69, 9.17) is 0 Å². The van der Waals surface area contributed by atoms with Crippen molar-refractivity contribution in [3.05, 3.63) is 28.7 Å². The molecule has 1 aromatic carbocycles. The number of hydrogen-bond acceptors (Lipinski definition) is 2. The zero-order valence-corrected chi connectivity index (χ0v) is 15.1. The molecule has 4 nitrogen and oxygen atoms in total. The number of rotatable bonds is 4. The maximum atomic E-state index is 12.8. The lowest BCUT2D eigenvalue weighted by atomic mass is 10.0. The first kappa shape index (κ1) is 17.0. The van der Waals surface area contributed by atoms with E-state index in [-0.39, 0.29) is 29.8 Å². The molecule has 2 rings (SSSR count). The van der Waals surface area contributed by atoms with Gasteiger partial charge in [-0.05, 0) is 45.9 Å². The van der Waals surface area contributed by atoms with Crippen LogP contribution in [0.1, 0.15) is 34.1 Å². The Morgan fingerprint density at radius 2 is 1.91 bits per heavy atom. The zero-order chi connectivity index (χ0) is 16.4. The molecule has 1 aliphatic heterocycles. The van der Waals surface area contributed by atoms with Crippen molar-refractivity contribution in [3.63, 3.8) is 0 Å². The number of nitrogens with zero attached hydrogens (tertiary/aromatic N) is 2. The first-order valence-electron chi connectivity index (χ1n) is 7.69. The van der Waals surface area contributed by atoms with Crippen LogP contribution in [0.3, 0.4) is 0 Å². The van der Waals surface area contributed by atoms with Gasteiger partial charge in [-0.2, -0.15) is 0 Å². The minimum atomic E-state index is -0.253. The summed E-state index contributed by atoms with van der Waals surface area (Å²) < 4.78 is 0.929. The van der Waals surface area contributed by atoms with Crippen LogP contribution >= 0.6 is 15.9 Å². The Morgan fingerprint density at radius 1 is 1.27 bits per heavy atom. The second-order valence-electron chi connectivity index (χ2n) is 6.32. The third-order valence-electron chi connectivity index (χ3n) is 3.96. The first-order chi connectivity index (χ1) is 10.3. The summed E-state index contributed by atoms with van der Waals surface area (Å²) in [6.07, 6.45) is 0.293. The molecular weight excluding hydrogens is 344 g/mol. The van der Waals surface area contributed by atoms with E-state index in [0.29, 0.717) is 13.0 Å². The topological polar surface area (TPSA) is 40.6 Å². The van der Waals surface area contributed by atoms with Crippen molar-refractivity contribution in [2.45, 2.75) is 46.2 Å². The standard InChI is InChI=1S/C17H23BrN2O2/c1-11(2)20(12(3)4)17(22)13-8-16(21)19(10-13)15-7-5-6-14(18)9-15/h5-7,9,11-13H,8,10H2,1-4H3. The monoisotopic (exact) mass is 366 g/mol. The molecule has 0 bridgehead atoms. The number of hydrogen-bond donors (Lipinski definition) is 0. The molecule has 120 valence electrons. The Kier molecular flexibility index (Phi) is 5.27. The summed E-state index contributed by atoms with van der Waals surface area (Å²) in [5.41, 5.74) is 0.843. The highest BCUT2D eigenvalue weighted by Gasteiger charge is 2.38. The molecule has 1 aliphatic rings. The van der Waals surface area contributed by atoms with Gasteiger partial charge >= 0.3 is 0 Å². The summed E-state index contributed by atoms with van der Waals surface area (Å²) in [4.78, 5) is 28.7. The highest BCUT2D eigenvalue weighted by atomic mass is 79.9. The smallest absolute Gasteiger partial charge is 0.228 e. The second kappa shape index (κ2) is 6.82. The molecule has 1 saturated heterocycles. The van der Waals surface area contributed by atoms with Gasteiger partial charge in [0, 0.05) is 35.2 Å². The van der Waals surface area contributed by atoms with Crippen molar-refractivity contribution in [2.24, 2.45) is 5.92 Å². The van der Waals surface area contributed by atoms with Gasteiger partial charge in [0.2, 0.25) is 11.8 Å². The molecule has 0 spiro atoms. The minimum Gasteiger partial charge on any atom is -0.338 e. The van der Waals surface area contributed by atoms with Gasteiger partial charge in [0.05, 0.1) is 5.92 Å². The lowest BCUT2D eigenvalue weighted by Crippen LogP contribution is -2.45. The Morgan fingerprint density at radius 3 is 2.45 bits per heavy atom. The van der Waals surface area contributed by atoms with E-state index in [1.54, 1.807) is 4.90 Å². The third kappa shape index (κ3) is 3.51. The van der Waals surface area contributed by atoms with E-state index in [1.807, 2.05) is 56.9 Å². The first-order valence-corrected chi connectivity index (χ1v) is 8.48. The quantitative estimate of drug-likeness (QED) is 0.818. The van der Waals surface area contributed by atoms with Crippen molar-refractivity contribution < 1.29 is 9.59 Å². The summed E-state index contributed by atoms with van der Waals surface area (Å²) in [5.74, 6) is -0.156. The fourth-order valence-electron chi connectivity index (χ4n) is 3.08. The van der Waals surface area contributed by atoms with E-state index in [1.165, 1.54) is 0 Å². The highest BCUT2D eigenvalue weighted by molar-refractivity contribution is 9.10. The summed E-state index contributed by atoms with van der Waals surface area (Å²) in [7, 11) is 0. The maximum Gasteiger partial charge on any atom is 0.228 e. The Labute approximate surface area is 140 Å². The van der Waals surface area contributed by atoms with E-state index in [0.717, 1.165) is 10.2 Å². The summed E-state index contributed by atoms with van der Waals surface area (Å²) in [6.45, 7) is 8.52. The number of carbonyl (C=O) groups is 2. The van der Waals surface area contributed by atoms with Crippen molar-refractivity contribution in [1.29, 1.82) is 0 Å². The Balaban J connectivity index is 2.16. The summed E-state index contributed by atoms with van der Waals surface area (Å²) in [6, 6.07) is 7.92. The van der Waals surface area contributed by atoms with Crippen LogP contribution < -0.4 is 4.90 Å². The van der Waals surface area contributed by atoms with Gasteiger partial charge in [-0.1, -0.05) is 22.0 Å². The third-order valence-corrected chi connectivity index (χ3v) is 4.45. The van der Waals surface area contributed by atoms with Crippen molar-refractivity contribution in [2.75, 3.05) is 11.4 Å². The highest BCUT2D eigenvalue weighted by Crippen LogP contribution is 2.29. The number of amides is 2. The normalized spacial score (nSPS) is 18.4. The SMILES string of the molecule is CC(C)N(C(=O)C1CC(=O)N(c2cccc(Br)c2)C1)C(C)C. The minimum absolute atomic E-state index is 0.0175. The lowest BCUT2D eigenvalue weighted by Gasteiger charge is -2.32. The predicted octanol–water partition coefficient (Wildman–Crippen LogP) is 3.45. The number of carbonyl (C=O) groups excluding carboxylic acids is 2. The van der Waals surface area contributed by atoms with Gasteiger partial charge in [0.15, 0.2) is 0 Å². The van der Waals surface area contributed by atoms with Crippen LogP contribution in [-0.4, -0.2) is 35.3 Å².